The largest absolute Gasteiger partial charge is 0.416 e. The van der Waals surface area contributed by atoms with Crippen LogP contribution in [0.2, 0.25) is 0 Å². The Hall–Kier alpha value is -1.96. The van der Waals surface area contributed by atoms with Crippen LogP contribution in [0.1, 0.15) is 17.8 Å². The van der Waals surface area contributed by atoms with Crippen molar-refractivity contribution in [2.75, 3.05) is 0 Å². The molecule has 4 nitrogen and oxygen atoms in total. The van der Waals surface area contributed by atoms with Gasteiger partial charge in [0.25, 0.3) is 0 Å². The Balaban J connectivity index is 2.11. The molecule has 2 heterocycles. The van der Waals surface area contributed by atoms with Gasteiger partial charge < -0.3 is 10.3 Å². The summed E-state index contributed by atoms with van der Waals surface area (Å²) >= 11 is 0. The Bertz CT molecular complexity index is 677. The summed E-state index contributed by atoms with van der Waals surface area (Å²) in [5, 5.41) is 7.75. The number of fused-ring (bicyclic) bond motifs is 1. The van der Waals surface area contributed by atoms with E-state index in [0.29, 0.717) is 24.9 Å². The van der Waals surface area contributed by atoms with Crippen molar-refractivity contribution in [2.24, 2.45) is 5.73 Å². The molecule has 0 saturated carbocycles. The minimum absolute atomic E-state index is 0.0868. The van der Waals surface area contributed by atoms with Crippen molar-refractivity contribution in [2.45, 2.75) is 31.6 Å². The van der Waals surface area contributed by atoms with Gasteiger partial charge in [-0.05, 0) is 24.6 Å². The fraction of sp³-hybridized carbons (Fsp3) is 0.385. The van der Waals surface area contributed by atoms with Gasteiger partial charge in [-0.25, -0.2) is 4.39 Å². The van der Waals surface area contributed by atoms with Crippen molar-refractivity contribution in [1.29, 1.82) is 0 Å². The minimum Gasteiger partial charge on any atom is -0.326 e. The molecule has 1 aliphatic rings. The van der Waals surface area contributed by atoms with Gasteiger partial charge in [0, 0.05) is 19.0 Å². The lowest BCUT2D eigenvalue weighted by molar-refractivity contribution is -0.137. The van der Waals surface area contributed by atoms with Crippen LogP contribution in [-0.4, -0.2) is 20.8 Å². The van der Waals surface area contributed by atoms with E-state index in [-0.39, 0.29) is 17.4 Å². The molecule has 0 saturated heterocycles. The molecule has 1 aromatic heterocycles. The number of hydrogen-bond donors (Lipinski definition) is 1. The molecular formula is C13H12F4N4. The van der Waals surface area contributed by atoms with Gasteiger partial charge in [-0.1, -0.05) is 0 Å². The number of hydrogen-bond acceptors (Lipinski definition) is 3. The van der Waals surface area contributed by atoms with Crippen molar-refractivity contribution in [3.05, 3.63) is 35.4 Å². The highest BCUT2D eigenvalue weighted by Gasteiger charge is 2.32. The summed E-state index contributed by atoms with van der Waals surface area (Å²) in [5.74, 6) is -0.0652. The summed E-state index contributed by atoms with van der Waals surface area (Å²) in [6.45, 7) is 0.368. The summed E-state index contributed by atoms with van der Waals surface area (Å²) in [5.41, 5.74) is 4.71. The zero-order valence-electron chi connectivity index (χ0n) is 10.9. The van der Waals surface area contributed by atoms with E-state index >= 15 is 0 Å². The molecule has 1 unspecified atom stereocenters. The predicted octanol–water partition coefficient (Wildman–Crippen LogP) is 2.38. The maximum atomic E-state index is 13.9. The highest BCUT2D eigenvalue weighted by Crippen LogP contribution is 2.33. The standard InChI is InChI=1S/C13H12F4N4/c14-10-3-1-7(13(15,16)17)5-9(10)12-20-19-11-4-2-8(18)6-21(11)12/h1,3,5,8H,2,4,6,18H2. The first-order chi connectivity index (χ1) is 9.86. The number of halogens is 4. The predicted molar refractivity (Wildman–Crippen MR) is 66.7 cm³/mol. The van der Waals surface area contributed by atoms with Crippen molar-refractivity contribution in [1.82, 2.24) is 14.8 Å². The van der Waals surface area contributed by atoms with E-state index < -0.39 is 17.6 Å². The topological polar surface area (TPSA) is 56.7 Å². The Kier molecular flexibility index (Phi) is 3.20. The molecule has 1 aromatic carbocycles. The lowest BCUT2D eigenvalue weighted by Crippen LogP contribution is -2.32. The van der Waals surface area contributed by atoms with Gasteiger partial charge in [0.15, 0.2) is 5.82 Å². The number of aromatic nitrogens is 3. The average molecular weight is 300 g/mol. The van der Waals surface area contributed by atoms with Crippen LogP contribution in [0.5, 0.6) is 0 Å². The van der Waals surface area contributed by atoms with Crippen LogP contribution < -0.4 is 5.73 Å². The third-order valence-corrected chi connectivity index (χ3v) is 3.52. The lowest BCUT2D eigenvalue weighted by atomic mass is 10.1. The SMILES string of the molecule is NC1CCc2nnc(-c3cc(C(F)(F)F)ccc3F)n2C1. The Morgan fingerprint density at radius 3 is 2.71 bits per heavy atom. The molecule has 21 heavy (non-hydrogen) atoms. The summed E-state index contributed by atoms with van der Waals surface area (Å²) in [6, 6.07) is 2.12. The molecule has 0 amide bonds. The van der Waals surface area contributed by atoms with E-state index in [1.807, 2.05) is 0 Å². The molecule has 1 atom stereocenters. The summed E-state index contributed by atoms with van der Waals surface area (Å²) in [6.07, 6.45) is -3.23. The van der Waals surface area contributed by atoms with E-state index in [4.69, 9.17) is 5.73 Å². The van der Waals surface area contributed by atoms with Crippen LogP contribution in [0.25, 0.3) is 11.4 Å². The van der Waals surface area contributed by atoms with Crippen LogP contribution in [0, 0.1) is 5.82 Å². The van der Waals surface area contributed by atoms with Gasteiger partial charge in [0.2, 0.25) is 0 Å². The maximum absolute atomic E-state index is 13.9. The monoisotopic (exact) mass is 300 g/mol. The third kappa shape index (κ3) is 2.51. The molecule has 1 aliphatic heterocycles. The number of aryl methyl sites for hydroxylation is 1. The van der Waals surface area contributed by atoms with Gasteiger partial charge in [0.1, 0.15) is 11.6 Å². The molecule has 3 rings (SSSR count). The fourth-order valence-electron chi connectivity index (χ4n) is 2.42. The number of rotatable bonds is 1. The molecule has 8 heteroatoms. The van der Waals surface area contributed by atoms with E-state index in [0.717, 1.165) is 18.6 Å². The first kappa shape index (κ1) is 14.0. The van der Waals surface area contributed by atoms with Crippen LogP contribution in [0.4, 0.5) is 17.6 Å². The molecule has 112 valence electrons. The van der Waals surface area contributed by atoms with Crippen molar-refractivity contribution >= 4 is 0 Å². The van der Waals surface area contributed by atoms with Crippen LogP contribution in [0.3, 0.4) is 0 Å². The molecule has 0 spiro atoms. The van der Waals surface area contributed by atoms with Gasteiger partial charge in [-0.3, -0.25) is 0 Å². The molecule has 2 aromatic rings. The van der Waals surface area contributed by atoms with Gasteiger partial charge in [-0.2, -0.15) is 13.2 Å². The van der Waals surface area contributed by atoms with E-state index in [9.17, 15) is 17.6 Å². The summed E-state index contributed by atoms with van der Waals surface area (Å²) < 4.78 is 53.8. The first-order valence-corrected chi connectivity index (χ1v) is 6.41. The highest BCUT2D eigenvalue weighted by atomic mass is 19.4. The second-order valence-electron chi connectivity index (χ2n) is 5.04. The normalized spacial score (nSPS) is 18.6. The number of alkyl halides is 3. The zero-order valence-corrected chi connectivity index (χ0v) is 10.9. The quantitative estimate of drug-likeness (QED) is 0.823. The highest BCUT2D eigenvalue weighted by molar-refractivity contribution is 5.58. The third-order valence-electron chi connectivity index (χ3n) is 3.52. The Labute approximate surface area is 117 Å². The summed E-state index contributed by atoms with van der Waals surface area (Å²) in [4.78, 5) is 0. The van der Waals surface area contributed by atoms with Crippen molar-refractivity contribution in [3.63, 3.8) is 0 Å². The zero-order chi connectivity index (χ0) is 15.2. The van der Waals surface area contributed by atoms with Gasteiger partial charge >= 0.3 is 6.18 Å². The molecule has 2 N–H and O–H groups in total. The van der Waals surface area contributed by atoms with Crippen molar-refractivity contribution in [3.8, 4) is 11.4 Å². The van der Waals surface area contributed by atoms with Crippen LogP contribution >= 0.6 is 0 Å². The van der Waals surface area contributed by atoms with Crippen LogP contribution in [-0.2, 0) is 19.1 Å². The smallest absolute Gasteiger partial charge is 0.326 e. The minimum atomic E-state index is -4.54. The number of nitrogens with two attached hydrogens (primary N) is 1. The van der Waals surface area contributed by atoms with Gasteiger partial charge in [0.05, 0.1) is 11.1 Å². The van der Waals surface area contributed by atoms with E-state index in [1.54, 1.807) is 4.57 Å². The summed E-state index contributed by atoms with van der Waals surface area (Å²) in [7, 11) is 0. The Morgan fingerprint density at radius 1 is 1.24 bits per heavy atom. The lowest BCUT2D eigenvalue weighted by Gasteiger charge is -2.21. The molecule has 0 fully saturated rings. The second-order valence-corrected chi connectivity index (χ2v) is 5.04. The van der Waals surface area contributed by atoms with E-state index in [1.165, 1.54) is 0 Å². The Morgan fingerprint density at radius 2 is 2.00 bits per heavy atom. The van der Waals surface area contributed by atoms with Crippen molar-refractivity contribution < 1.29 is 17.6 Å². The molecular weight excluding hydrogens is 288 g/mol. The maximum Gasteiger partial charge on any atom is 0.416 e. The van der Waals surface area contributed by atoms with Crippen LogP contribution in [0.15, 0.2) is 18.2 Å². The van der Waals surface area contributed by atoms with E-state index in [2.05, 4.69) is 10.2 Å². The molecule has 0 aliphatic carbocycles. The fourth-order valence-corrected chi connectivity index (χ4v) is 2.42. The molecule has 0 bridgehead atoms. The second kappa shape index (κ2) is 4.80. The first-order valence-electron chi connectivity index (χ1n) is 6.41. The number of nitrogens with zero attached hydrogens (tertiary/aromatic N) is 3. The number of benzene rings is 1. The van der Waals surface area contributed by atoms with Gasteiger partial charge in [-0.15, -0.1) is 10.2 Å². The average Bonchev–Trinajstić information content (AvgIpc) is 2.80. The molecule has 0 radical (unpaired) electrons.